The van der Waals surface area contributed by atoms with Gasteiger partial charge in [0.15, 0.2) is 0 Å². The maximum absolute atomic E-state index is 13.0. The summed E-state index contributed by atoms with van der Waals surface area (Å²) < 4.78 is 0. The highest BCUT2D eigenvalue weighted by molar-refractivity contribution is 5.95. The Hall–Kier alpha value is -2.94. The van der Waals surface area contributed by atoms with E-state index in [9.17, 15) is 14.4 Å². The lowest BCUT2D eigenvalue weighted by Gasteiger charge is -2.29. The molecule has 1 saturated heterocycles. The smallest absolute Gasteiger partial charge is 0.317 e. The lowest BCUT2D eigenvalue weighted by molar-refractivity contribution is -0.141. The number of carbonyl (C=O) groups excluding carboxylic acids is 2. The molecule has 30 heavy (non-hydrogen) atoms. The van der Waals surface area contributed by atoms with E-state index in [0.717, 1.165) is 12.0 Å². The Morgan fingerprint density at radius 2 is 1.93 bits per heavy atom. The highest BCUT2D eigenvalue weighted by atomic mass is 16.4. The largest absolute Gasteiger partial charge is 0.480 e. The first-order valence-corrected chi connectivity index (χ1v) is 10.2. The van der Waals surface area contributed by atoms with E-state index in [2.05, 4.69) is 10.6 Å². The summed E-state index contributed by atoms with van der Waals surface area (Å²) in [6, 6.07) is 5.84. The monoisotopic (exact) mass is 417 g/mol. The van der Waals surface area contributed by atoms with E-state index in [4.69, 9.17) is 16.2 Å². The lowest BCUT2D eigenvalue weighted by atomic mass is 10.0. The van der Waals surface area contributed by atoms with E-state index in [-0.39, 0.29) is 30.1 Å². The molecule has 0 bridgehead atoms. The van der Waals surface area contributed by atoms with Crippen molar-refractivity contribution < 1.29 is 19.5 Å². The number of hydrogen-bond acceptors (Lipinski definition) is 5. The number of rotatable bonds is 10. The molecule has 164 valence electrons. The Kier molecular flexibility index (Phi) is 8.35. The third kappa shape index (κ3) is 6.55. The molecule has 1 aromatic carbocycles. The fourth-order valence-electron chi connectivity index (χ4n) is 3.57. The van der Waals surface area contributed by atoms with Crippen LogP contribution in [0.3, 0.4) is 0 Å². The Bertz CT molecular complexity index is 778. The van der Waals surface area contributed by atoms with Crippen LogP contribution in [0.15, 0.2) is 24.3 Å². The number of carboxylic acids is 1. The molecule has 0 radical (unpaired) electrons. The third-order valence-corrected chi connectivity index (χ3v) is 5.08. The fourth-order valence-corrected chi connectivity index (χ4v) is 3.57. The molecule has 0 saturated carbocycles. The number of amidine groups is 1. The first kappa shape index (κ1) is 23.3. The Labute approximate surface area is 176 Å². The van der Waals surface area contributed by atoms with Crippen LogP contribution in [0.2, 0.25) is 0 Å². The van der Waals surface area contributed by atoms with E-state index < -0.39 is 18.1 Å². The van der Waals surface area contributed by atoms with Crippen LogP contribution < -0.4 is 16.4 Å². The van der Waals surface area contributed by atoms with Gasteiger partial charge in [-0.15, -0.1) is 0 Å². The third-order valence-electron chi connectivity index (χ3n) is 5.08. The second-order valence-electron chi connectivity index (χ2n) is 7.97. The second kappa shape index (κ2) is 10.7. The normalized spacial score (nSPS) is 17.0. The highest BCUT2D eigenvalue weighted by Crippen LogP contribution is 2.20. The minimum absolute atomic E-state index is 0.0156. The van der Waals surface area contributed by atoms with Crippen LogP contribution in [-0.4, -0.2) is 58.8 Å². The van der Waals surface area contributed by atoms with Crippen molar-refractivity contribution in [2.45, 2.75) is 51.7 Å². The molecule has 1 aromatic rings. The molecule has 2 rings (SSSR count). The van der Waals surface area contributed by atoms with Gasteiger partial charge in [-0.25, -0.2) is 0 Å². The summed E-state index contributed by atoms with van der Waals surface area (Å²) in [6.45, 7) is 4.42. The number of nitrogen functional groups attached to an aromatic ring is 1. The number of likely N-dealkylation sites (tertiary alicyclic amines) is 1. The van der Waals surface area contributed by atoms with Crippen molar-refractivity contribution >= 4 is 23.6 Å². The summed E-state index contributed by atoms with van der Waals surface area (Å²) in [5, 5.41) is 22.0. The Morgan fingerprint density at radius 3 is 2.50 bits per heavy atom. The van der Waals surface area contributed by atoms with E-state index in [1.165, 1.54) is 0 Å². The number of nitrogens with zero attached hydrogens (tertiary/aromatic N) is 1. The number of carboxylic acid groups (broad SMARTS) is 1. The fraction of sp³-hybridized carbons (Fsp3) is 0.524. The SMILES string of the molecule is CC(C)C[C@@H](NCC(=O)O)C(=O)N1CCC[C@H]1C(=O)NCc1ccc(C(=N)N)cc1. The van der Waals surface area contributed by atoms with E-state index >= 15 is 0 Å². The van der Waals surface area contributed by atoms with E-state index in [1.54, 1.807) is 29.2 Å². The van der Waals surface area contributed by atoms with Crippen molar-refractivity contribution in [2.24, 2.45) is 11.7 Å². The second-order valence-corrected chi connectivity index (χ2v) is 7.97. The highest BCUT2D eigenvalue weighted by Gasteiger charge is 2.37. The van der Waals surface area contributed by atoms with Crippen molar-refractivity contribution in [1.82, 2.24) is 15.5 Å². The van der Waals surface area contributed by atoms with Gasteiger partial charge in [0, 0.05) is 18.7 Å². The molecule has 0 unspecified atom stereocenters. The van der Waals surface area contributed by atoms with Gasteiger partial charge in [0.05, 0.1) is 12.6 Å². The van der Waals surface area contributed by atoms with Crippen LogP contribution in [0.25, 0.3) is 0 Å². The molecule has 1 aliphatic rings. The van der Waals surface area contributed by atoms with Gasteiger partial charge in [-0.1, -0.05) is 38.1 Å². The number of benzene rings is 1. The molecule has 0 aliphatic carbocycles. The van der Waals surface area contributed by atoms with Crippen molar-refractivity contribution in [3.63, 3.8) is 0 Å². The molecule has 9 heteroatoms. The summed E-state index contributed by atoms with van der Waals surface area (Å²) in [6.07, 6.45) is 1.80. The van der Waals surface area contributed by atoms with Gasteiger partial charge < -0.3 is 21.1 Å². The number of nitrogens with two attached hydrogens (primary N) is 1. The van der Waals surface area contributed by atoms with Crippen LogP contribution >= 0.6 is 0 Å². The van der Waals surface area contributed by atoms with Crippen molar-refractivity contribution in [3.8, 4) is 0 Å². The lowest BCUT2D eigenvalue weighted by Crippen LogP contribution is -2.53. The van der Waals surface area contributed by atoms with Crippen LogP contribution in [-0.2, 0) is 20.9 Å². The predicted octanol–water partition coefficient (Wildman–Crippen LogP) is 0.667. The number of carbonyl (C=O) groups is 3. The summed E-state index contributed by atoms with van der Waals surface area (Å²) in [5.74, 6) is -1.29. The summed E-state index contributed by atoms with van der Waals surface area (Å²) in [4.78, 5) is 38.3. The van der Waals surface area contributed by atoms with Crippen LogP contribution in [0.5, 0.6) is 0 Å². The maximum Gasteiger partial charge on any atom is 0.317 e. The molecular formula is C21H31N5O4. The summed E-state index contributed by atoms with van der Waals surface area (Å²) in [7, 11) is 0. The zero-order valence-corrected chi connectivity index (χ0v) is 17.5. The predicted molar refractivity (Wildman–Crippen MR) is 113 cm³/mol. The van der Waals surface area contributed by atoms with Gasteiger partial charge in [0.1, 0.15) is 11.9 Å². The van der Waals surface area contributed by atoms with E-state index in [0.29, 0.717) is 31.5 Å². The number of aliphatic carboxylic acids is 1. The number of amides is 2. The maximum atomic E-state index is 13.0. The van der Waals surface area contributed by atoms with Gasteiger partial charge in [0.2, 0.25) is 11.8 Å². The molecule has 1 fully saturated rings. The summed E-state index contributed by atoms with van der Waals surface area (Å²) >= 11 is 0. The van der Waals surface area contributed by atoms with Crippen molar-refractivity contribution in [2.75, 3.05) is 13.1 Å². The van der Waals surface area contributed by atoms with Crippen LogP contribution in [0.4, 0.5) is 0 Å². The van der Waals surface area contributed by atoms with Gasteiger partial charge in [0.25, 0.3) is 0 Å². The molecule has 9 nitrogen and oxygen atoms in total. The zero-order valence-electron chi connectivity index (χ0n) is 17.5. The average molecular weight is 418 g/mol. The first-order chi connectivity index (χ1) is 14.2. The number of nitrogens with one attached hydrogen (secondary N) is 3. The molecule has 6 N–H and O–H groups in total. The van der Waals surface area contributed by atoms with Gasteiger partial charge in [-0.2, -0.15) is 0 Å². The average Bonchev–Trinajstić information content (AvgIpc) is 3.18. The standard InChI is InChI=1S/C21H31N5O4/c1-13(2)10-16(24-12-18(27)28)21(30)26-9-3-4-17(26)20(29)25-11-14-5-7-15(8-6-14)19(22)23/h5-8,13,16-17,24H,3-4,9-12H2,1-2H3,(H3,22,23)(H,25,29)(H,27,28)/t16-,17+/m1/s1. The minimum Gasteiger partial charge on any atom is -0.480 e. The molecule has 1 aliphatic heterocycles. The minimum atomic E-state index is -1.02. The molecule has 2 amide bonds. The Balaban J connectivity index is 1.99. The molecule has 0 spiro atoms. The van der Waals surface area contributed by atoms with E-state index in [1.807, 2.05) is 13.8 Å². The topological polar surface area (TPSA) is 149 Å². The van der Waals surface area contributed by atoms with Gasteiger partial charge in [-0.3, -0.25) is 25.1 Å². The summed E-state index contributed by atoms with van der Waals surface area (Å²) in [5.41, 5.74) is 6.92. The Morgan fingerprint density at radius 1 is 1.27 bits per heavy atom. The van der Waals surface area contributed by atoms with Crippen molar-refractivity contribution in [3.05, 3.63) is 35.4 Å². The molecule has 1 heterocycles. The van der Waals surface area contributed by atoms with Crippen LogP contribution in [0, 0.1) is 11.3 Å². The quantitative estimate of drug-likeness (QED) is 0.279. The molecule has 2 atom stereocenters. The van der Waals surface area contributed by atoms with Crippen molar-refractivity contribution in [1.29, 1.82) is 5.41 Å². The molecular weight excluding hydrogens is 386 g/mol. The molecule has 0 aromatic heterocycles. The van der Waals surface area contributed by atoms with Gasteiger partial charge in [-0.05, 0) is 30.7 Å². The number of hydrogen-bond donors (Lipinski definition) is 5. The van der Waals surface area contributed by atoms with Crippen LogP contribution in [0.1, 0.15) is 44.2 Å². The zero-order chi connectivity index (χ0) is 22.3. The van der Waals surface area contributed by atoms with Gasteiger partial charge >= 0.3 is 5.97 Å². The first-order valence-electron chi connectivity index (χ1n) is 10.2.